The van der Waals surface area contributed by atoms with Gasteiger partial charge in [-0.2, -0.15) is 0 Å². The lowest BCUT2D eigenvalue weighted by Gasteiger charge is -2.34. The molecule has 0 spiro atoms. The lowest BCUT2D eigenvalue weighted by Crippen LogP contribution is -2.48. The molecule has 1 fully saturated rings. The van der Waals surface area contributed by atoms with Crippen LogP contribution in [0.4, 0.5) is 4.39 Å². The number of aromatic nitrogens is 1. The van der Waals surface area contributed by atoms with Crippen LogP contribution in [0.3, 0.4) is 0 Å². The number of para-hydroxylation sites is 1. The summed E-state index contributed by atoms with van der Waals surface area (Å²) in [5.41, 5.74) is 1.56. The number of fused-ring (bicyclic) bond motifs is 1. The van der Waals surface area contributed by atoms with E-state index in [2.05, 4.69) is 9.88 Å². The molecule has 0 bridgehead atoms. The molecule has 0 saturated carbocycles. The van der Waals surface area contributed by atoms with Crippen LogP contribution in [0.2, 0.25) is 0 Å². The summed E-state index contributed by atoms with van der Waals surface area (Å²) in [5.74, 6) is -0.774. The van der Waals surface area contributed by atoms with E-state index >= 15 is 0 Å². The molecule has 6 heteroatoms. The van der Waals surface area contributed by atoms with E-state index in [-0.39, 0.29) is 17.0 Å². The molecule has 27 heavy (non-hydrogen) atoms. The van der Waals surface area contributed by atoms with Crippen LogP contribution >= 0.6 is 0 Å². The average Bonchev–Trinajstić information content (AvgIpc) is 2.69. The van der Waals surface area contributed by atoms with E-state index in [0.29, 0.717) is 38.3 Å². The highest BCUT2D eigenvalue weighted by molar-refractivity contribution is 5.94. The van der Waals surface area contributed by atoms with Crippen molar-refractivity contribution in [3.63, 3.8) is 0 Å². The van der Waals surface area contributed by atoms with Gasteiger partial charge in [-0.05, 0) is 29.7 Å². The summed E-state index contributed by atoms with van der Waals surface area (Å²) in [4.78, 5) is 31.5. The molecule has 3 aromatic rings. The first-order valence-corrected chi connectivity index (χ1v) is 8.99. The molecule has 1 amide bonds. The van der Waals surface area contributed by atoms with Crippen molar-refractivity contribution in [1.29, 1.82) is 0 Å². The fourth-order valence-electron chi connectivity index (χ4n) is 3.46. The van der Waals surface area contributed by atoms with Crippen molar-refractivity contribution in [2.24, 2.45) is 0 Å². The Kier molecular flexibility index (Phi) is 4.73. The average molecular weight is 365 g/mol. The van der Waals surface area contributed by atoms with E-state index in [1.54, 1.807) is 17.0 Å². The van der Waals surface area contributed by atoms with Crippen LogP contribution in [0.5, 0.6) is 0 Å². The zero-order chi connectivity index (χ0) is 18.8. The Bertz CT molecular complexity index is 1040. The zero-order valence-corrected chi connectivity index (χ0v) is 14.8. The van der Waals surface area contributed by atoms with Crippen molar-refractivity contribution in [2.45, 2.75) is 6.54 Å². The molecule has 2 aromatic carbocycles. The molecule has 0 aliphatic carbocycles. The van der Waals surface area contributed by atoms with Gasteiger partial charge in [-0.25, -0.2) is 4.39 Å². The number of carbonyl (C=O) groups is 1. The fourth-order valence-corrected chi connectivity index (χ4v) is 3.46. The number of rotatable bonds is 3. The maximum Gasteiger partial charge on any atom is 0.256 e. The topological polar surface area (TPSA) is 56.4 Å². The van der Waals surface area contributed by atoms with Gasteiger partial charge in [-0.1, -0.05) is 30.3 Å². The maximum absolute atomic E-state index is 13.8. The molecule has 1 saturated heterocycles. The first-order chi connectivity index (χ1) is 13.1. The molecule has 4 rings (SSSR count). The number of benzene rings is 2. The predicted molar refractivity (Wildman–Crippen MR) is 102 cm³/mol. The number of pyridine rings is 1. The number of nitrogens with one attached hydrogen (secondary N) is 1. The lowest BCUT2D eigenvalue weighted by atomic mass is 10.1. The lowest BCUT2D eigenvalue weighted by molar-refractivity contribution is 0.0623. The Morgan fingerprint density at radius 1 is 1.00 bits per heavy atom. The van der Waals surface area contributed by atoms with Gasteiger partial charge in [0.2, 0.25) is 0 Å². The first-order valence-electron chi connectivity index (χ1n) is 8.99. The van der Waals surface area contributed by atoms with Gasteiger partial charge >= 0.3 is 0 Å². The molecule has 0 unspecified atom stereocenters. The molecule has 0 atom stereocenters. The van der Waals surface area contributed by atoms with Gasteiger partial charge in [0, 0.05) is 43.8 Å². The number of piperazine rings is 1. The Labute approximate surface area is 156 Å². The summed E-state index contributed by atoms with van der Waals surface area (Å²) in [7, 11) is 0. The Balaban J connectivity index is 1.43. The third-order valence-electron chi connectivity index (χ3n) is 4.99. The van der Waals surface area contributed by atoms with Crippen LogP contribution < -0.4 is 5.56 Å². The van der Waals surface area contributed by atoms with Crippen molar-refractivity contribution >= 4 is 16.8 Å². The number of amides is 1. The number of aromatic amines is 1. The third kappa shape index (κ3) is 3.61. The Morgan fingerprint density at radius 2 is 1.70 bits per heavy atom. The number of carbonyl (C=O) groups excluding carboxylic acids is 1. The minimum atomic E-state index is -0.493. The molecule has 1 aliphatic heterocycles. The molecular weight excluding hydrogens is 345 g/mol. The Morgan fingerprint density at radius 3 is 2.48 bits per heavy atom. The van der Waals surface area contributed by atoms with Crippen molar-refractivity contribution in [2.75, 3.05) is 26.2 Å². The van der Waals surface area contributed by atoms with Crippen LogP contribution in [0.1, 0.15) is 15.9 Å². The van der Waals surface area contributed by atoms with Crippen molar-refractivity contribution in [3.05, 3.63) is 81.9 Å². The van der Waals surface area contributed by atoms with Crippen LogP contribution in [-0.4, -0.2) is 46.9 Å². The van der Waals surface area contributed by atoms with Gasteiger partial charge in [0.25, 0.3) is 11.5 Å². The number of halogens is 1. The SMILES string of the molecule is O=C(c1ccccc1F)N1CCN(Cc2cc3ccccc3[nH]c2=O)CC1. The summed E-state index contributed by atoms with van der Waals surface area (Å²) in [6, 6.07) is 15.7. The minimum Gasteiger partial charge on any atom is -0.336 e. The minimum absolute atomic E-state index is 0.0847. The van der Waals surface area contributed by atoms with Gasteiger partial charge in [-0.15, -0.1) is 0 Å². The predicted octanol–water partition coefficient (Wildman–Crippen LogP) is 2.63. The molecule has 1 aliphatic rings. The highest BCUT2D eigenvalue weighted by Gasteiger charge is 2.24. The third-order valence-corrected chi connectivity index (χ3v) is 4.99. The summed E-state index contributed by atoms with van der Waals surface area (Å²) in [6.45, 7) is 2.85. The molecule has 0 radical (unpaired) electrons. The molecule has 1 aromatic heterocycles. The summed E-state index contributed by atoms with van der Waals surface area (Å²) in [6.07, 6.45) is 0. The molecular formula is C21H20FN3O2. The number of nitrogens with zero attached hydrogens (tertiary/aromatic N) is 2. The van der Waals surface area contributed by atoms with E-state index in [9.17, 15) is 14.0 Å². The van der Waals surface area contributed by atoms with E-state index < -0.39 is 5.82 Å². The number of H-pyrrole nitrogens is 1. The highest BCUT2D eigenvalue weighted by Crippen LogP contribution is 2.15. The van der Waals surface area contributed by atoms with Gasteiger partial charge in [-0.3, -0.25) is 14.5 Å². The monoisotopic (exact) mass is 365 g/mol. The molecule has 2 heterocycles. The van der Waals surface area contributed by atoms with E-state index in [1.807, 2.05) is 30.3 Å². The molecule has 5 nitrogen and oxygen atoms in total. The Hall–Kier alpha value is -2.99. The summed E-state index contributed by atoms with van der Waals surface area (Å²) in [5, 5.41) is 1.00. The largest absolute Gasteiger partial charge is 0.336 e. The summed E-state index contributed by atoms with van der Waals surface area (Å²) >= 11 is 0. The smallest absolute Gasteiger partial charge is 0.256 e. The van der Waals surface area contributed by atoms with E-state index in [0.717, 1.165) is 10.9 Å². The van der Waals surface area contributed by atoms with E-state index in [4.69, 9.17) is 0 Å². The molecule has 138 valence electrons. The summed E-state index contributed by atoms with van der Waals surface area (Å²) < 4.78 is 13.8. The van der Waals surface area contributed by atoms with Crippen molar-refractivity contribution in [1.82, 2.24) is 14.8 Å². The van der Waals surface area contributed by atoms with Gasteiger partial charge in [0.05, 0.1) is 5.56 Å². The van der Waals surface area contributed by atoms with Crippen LogP contribution in [0, 0.1) is 5.82 Å². The standard InChI is InChI=1S/C21H20FN3O2/c22-18-7-3-2-6-17(18)21(27)25-11-9-24(10-12-25)14-16-13-15-5-1-4-8-19(15)23-20(16)26/h1-8,13H,9-12,14H2,(H,23,26). The molecule has 1 N–H and O–H groups in total. The number of hydrogen-bond donors (Lipinski definition) is 1. The highest BCUT2D eigenvalue weighted by atomic mass is 19.1. The van der Waals surface area contributed by atoms with Crippen LogP contribution in [-0.2, 0) is 6.54 Å². The second-order valence-electron chi connectivity index (χ2n) is 6.76. The second kappa shape index (κ2) is 7.32. The number of hydrogen-bond acceptors (Lipinski definition) is 3. The first kappa shape index (κ1) is 17.4. The van der Waals surface area contributed by atoms with E-state index in [1.165, 1.54) is 12.1 Å². The van der Waals surface area contributed by atoms with Gasteiger partial charge in [0.1, 0.15) is 5.82 Å². The van der Waals surface area contributed by atoms with Gasteiger partial charge < -0.3 is 9.88 Å². The second-order valence-corrected chi connectivity index (χ2v) is 6.76. The van der Waals surface area contributed by atoms with Crippen LogP contribution in [0.25, 0.3) is 10.9 Å². The van der Waals surface area contributed by atoms with Crippen LogP contribution in [0.15, 0.2) is 59.4 Å². The quantitative estimate of drug-likeness (QED) is 0.776. The maximum atomic E-state index is 13.8. The van der Waals surface area contributed by atoms with Crippen molar-refractivity contribution in [3.8, 4) is 0 Å². The normalized spacial score (nSPS) is 15.2. The van der Waals surface area contributed by atoms with Crippen molar-refractivity contribution < 1.29 is 9.18 Å². The fraction of sp³-hybridized carbons (Fsp3) is 0.238. The van der Waals surface area contributed by atoms with Gasteiger partial charge in [0.15, 0.2) is 0 Å². The zero-order valence-electron chi connectivity index (χ0n) is 14.8.